The van der Waals surface area contributed by atoms with Crippen molar-refractivity contribution in [2.45, 2.75) is 37.8 Å². The third kappa shape index (κ3) is 3.83. The van der Waals surface area contributed by atoms with E-state index in [1.807, 2.05) is 30.3 Å². The number of halogens is 1. The lowest BCUT2D eigenvalue weighted by atomic mass is 9.93. The molecule has 1 aliphatic rings. The van der Waals surface area contributed by atoms with E-state index in [1.165, 1.54) is 11.3 Å². The van der Waals surface area contributed by atoms with Gasteiger partial charge in [-0.1, -0.05) is 18.2 Å². The number of ether oxygens (including phenoxy) is 1. The van der Waals surface area contributed by atoms with Crippen molar-refractivity contribution in [3.05, 3.63) is 53.4 Å². The van der Waals surface area contributed by atoms with E-state index in [-0.39, 0.29) is 24.1 Å². The average Bonchev–Trinajstić information content (AvgIpc) is 3.10. The summed E-state index contributed by atoms with van der Waals surface area (Å²) in [6, 6.07) is 10.3. The van der Waals surface area contributed by atoms with Crippen LogP contribution in [0.25, 0.3) is 10.1 Å². The zero-order valence-corrected chi connectivity index (χ0v) is 14.8. The molecule has 26 heavy (non-hydrogen) atoms. The van der Waals surface area contributed by atoms with Gasteiger partial charge in [-0.3, -0.25) is 4.79 Å². The standard InChI is InChI=1S/C19H18FN3O2S/c20-13-10-21-19(22-11-13)25-15-7-5-14(6-8-15)23-18(24)17-9-12-3-1-2-4-16(12)26-17/h1-4,9-11,14-15H,5-8H2,(H,23,24). The summed E-state index contributed by atoms with van der Waals surface area (Å²) < 4.78 is 19.6. The van der Waals surface area contributed by atoms with Gasteiger partial charge in [0.25, 0.3) is 5.91 Å². The molecule has 1 fully saturated rings. The van der Waals surface area contributed by atoms with E-state index in [1.54, 1.807) is 0 Å². The molecule has 3 aromatic rings. The number of nitrogens with zero attached hydrogens (tertiary/aromatic N) is 2. The Labute approximate surface area is 154 Å². The first-order valence-corrected chi connectivity index (χ1v) is 9.43. The second-order valence-corrected chi connectivity index (χ2v) is 7.48. The largest absolute Gasteiger partial charge is 0.460 e. The zero-order chi connectivity index (χ0) is 17.9. The van der Waals surface area contributed by atoms with Crippen LogP contribution in [0.15, 0.2) is 42.7 Å². The number of hydrogen-bond acceptors (Lipinski definition) is 5. The molecule has 2 aromatic heterocycles. The highest BCUT2D eigenvalue weighted by molar-refractivity contribution is 7.20. The third-order valence-electron chi connectivity index (χ3n) is 4.53. The Morgan fingerprint density at radius 2 is 1.88 bits per heavy atom. The Balaban J connectivity index is 1.30. The van der Waals surface area contributed by atoms with Gasteiger partial charge in [0.15, 0.2) is 5.82 Å². The van der Waals surface area contributed by atoms with Gasteiger partial charge in [-0.2, -0.15) is 0 Å². The number of amides is 1. The van der Waals surface area contributed by atoms with E-state index < -0.39 is 5.82 Å². The maximum atomic E-state index is 12.8. The van der Waals surface area contributed by atoms with Crippen molar-refractivity contribution in [2.24, 2.45) is 0 Å². The summed E-state index contributed by atoms with van der Waals surface area (Å²) in [5.74, 6) is -0.498. The van der Waals surface area contributed by atoms with Gasteiger partial charge in [0.2, 0.25) is 0 Å². The van der Waals surface area contributed by atoms with Gasteiger partial charge in [-0.05, 0) is 43.2 Å². The van der Waals surface area contributed by atoms with E-state index in [0.29, 0.717) is 0 Å². The topological polar surface area (TPSA) is 64.1 Å². The normalized spacial score (nSPS) is 20.0. The molecule has 4 rings (SSSR count). The number of hydrogen-bond donors (Lipinski definition) is 1. The van der Waals surface area contributed by atoms with E-state index in [4.69, 9.17) is 4.74 Å². The predicted molar refractivity (Wildman–Crippen MR) is 98.0 cm³/mol. The quantitative estimate of drug-likeness (QED) is 0.754. The van der Waals surface area contributed by atoms with Gasteiger partial charge >= 0.3 is 6.01 Å². The SMILES string of the molecule is O=C(NC1CCC(Oc2ncc(F)cn2)CC1)c1cc2ccccc2s1. The van der Waals surface area contributed by atoms with Gasteiger partial charge in [0.05, 0.1) is 17.3 Å². The van der Waals surface area contributed by atoms with Crippen molar-refractivity contribution in [1.29, 1.82) is 0 Å². The number of carbonyl (C=O) groups is 1. The molecule has 0 unspecified atom stereocenters. The highest BCUT2D eigenvalue weighted by Gasteiger charge is 2.25. The molecule has 2 heterocycles. The van der Waals surface area contributed by atoms with Crippen molar-refractivity contribution in [1.82, 2.24) is 15.3 Å². The molecular formula is C19H18FN3O2S. The summed E-state index contributed by atoms with van der Waals surface area (Å²) in [6.07, 6.45) is 5.47. The second-order valence-electron chi connectivity index (χ2n) is 6.40. The number of fused-ring (bicyclic) bond motifs is 1. The summed E-state index contributed by atoms with van der Waals surface area (Å²) in [7, 11) is 0. The lowest BCUT2D eigenvalue weighted by Crippen LogP contribution is -2.39. The summed E-state index contributed by atoms with van der Waals surface area (Å²) in [4.78, 5) is 20.9. The van der Waals surface area contributed by atoms with Gasteiger partial charge in [0.1, 0.15) is 6.10 Å². The van der Waals surface area contributed by atoms with E-state index in [9.17, 15) is 9.18 Å². The fourth-order valence-electron chi connectivity index (χ4n) is 3.19. The Morgan fingerprint density at radius 3 is 2.62 bits per heavy atom. The van der Waals surface area contributed by atoms with Crippen LogP contribution in [0.2, 0.25) is 0 Å². The third-order valence-corrected chi connectivity index (χ3v) is 5.64. The Bertz CT molecular complexity index is 872. The minimum Gasteiger partial charge on any atom is -0.460 e. The number of thiophene rings is 1. The van der Waals surface area contributed by atoms with E-state index >= 15 is 0 Å². The molecule has 0 aliphatic heterocycles. The number of aromatic nitrogens is 2. The molecule has 7 heteroatoms. The van der Waals surface area contributed by atoms with Crippen molar-refractivity contribution in [3.63, 3.8) is 0 Å². The Morgan fingerprint density at radius 1 is 1.15 bits per heavy atom. The molecule has 1 saturated carbocycles. The van der Waals surface area contributed by atoms with E-state index in [2.05, 4.69) is 15.3 Å². The number of rotatable bonds is 4. The molecule has 0 radical (unpaired) electrons. The monoisotopic (exact) mass is 371 g/mol. The van der Waals surface area contributed by atoms with Crippen LogP contribution in [-0.4, -0.2) is 28.0 Å². The van der Waals surface area contributed by atoms with Gasteiger partial charge < -0.3 is 10.1 Å². The minimum absolute atomic E-state index is 0.00191. The maximum Gasteiger partial charge on any atom is 0.316 e. The van der Waals surface area contributed by atoms with Crippen LogP contribution in [0, 0.1) is 5.82 Å². The first kappa shape index (κ1) is 16.9. The Hall–Kier alpha value is -2.54. The molecule has 0 bridgehead atoms. The summed E-state index contributed by atoms with van der Waals surface area (Å²) in [6.45, 7) is 0. The highest BCUT2D eigenvalue weighted by Crippen LogP contribution is 2.26. The first-order valence-electron chi connectivity index (χ1n) is 8.61. The van der Waals surface area contributed by atoms with Crippen LogP contribution in [0.4, 0.5) is 4.39 Å². The summed E-state index contributed by atoms with van der Waals surface area (Å²) in [5.41, 5.74) is 0. The van der Waals surface area contributed by atoms with Crippen molar-refractivity contribution in [3.8, 4) is 6.01 Å². The molecule has 5 nitrogen and oxygen atoms in total. The number of benzene rings is 1. The number of carbonyl (C=O) groups excluding carboxylic acids is 1. The summed E-state index contributed by atoms with van der Waals surface area (Å²) in [5, 5.41) is 4.22. The van der Waals surface area contributed by atoms with Crippen LogP contribution in [0.3, 0.4) is 0 Å². The molecule has 0 saturated heterocycles. The molecule has 1 N–H and O–H groups in total. The first-order chi connectivity index (χ1) is 12.7. The molecular weight excluding hydrogens is 353 g/mol. The molecule has 1 aromatic carbocycles. The van der Waals surface area contributed by atoms with Gasteiger partial charge in [-0.15, -0.1) is 11.3 Å². The Kier molecular flexibility index (Phi) is 4.79. The molecule has 1 aliphatic carbocycles. The summed E-state index contributed by atoms with van der Waals surface area (Å²) >= 11 is 1.51. The van der Waals surface area contributed by atoms with E-state index in [0.717, 1.165) is 53.0 Å². The molecule has 0 atom stereocenters. The van der Waals surface area contributed by atoms with Crippen molar-refractivity contribution >= 4 is 27.3 Å². The zero-order valence-electron chi connectivity index (χ0n) is 14.0. The predicted octanol–water partition coefficient (Wildman–Crippen LogP) is 3.95. The van der Waals surface area contributed by atoms with Crippen molar-refractivity contribution in [2.75, 3.05) is 0 Å². The smallest absolute Gasteiger partial charge is 0.316 e. The van der Waals surface area contributed by atoms with Gasteiger partial charge in [0, 0.05) is 10.7 Å². The van der Waals surface area contributed by atoms with Crippen LogP contribution in [-0.2, 0) is 0 Å². The lowest BCUT2D eigenvalue weighted by Gasteiger charge is -2.28. The fourth-order valence-corrected chi connectivity index (χ4v) is 4.15. The number of nitrogens with one attached hydrogen (secondary N) is 1. The maximum absolute atomic E-state index is 12.8. The second kappa shape index (κ2) is 7.37. The van der Waals surface area contributed by atoms with Crippen LogP contribution in [0.1, 0.15) is 35.4 Å². The minimum atomic E-state index is -0.481. The molecule has 134 valence electrons. The fraction of sp³-hybridized carbons (Fsp3) is 0.316. The molecule has 0 spiro atoms. The van der Waals surface area contributed by atoms with Crippen LogP contribution in [0.5, 0.6) is 6.01 Å². The van der Waals surface area contributed by atoms with Crippen LogP contribution < -0.4 is 10.1 Å². The lowest BCUT2D eigenvalue weighted by molar-refractivity contribution is 0.0889. The van der Waals surface area contributed by atoms with Gasteiger partial charge in [-0.25, -0.2) is 14.4 Å². The highest BCUT2D eigenvalue weighted by atomic mass is 32.1. The average molecular weight is 371 g/mol. The van der Waals surface area contributed by atoms with Crippen LogP contribution >= 0.6 is 11.3 Å². The van der Waals surface area contributed by atoms with Crippen molar-refractivity contribution < 1.29 is 13.9 Å². The molecule has 1 amide bonds.